The van der Waals surface area contributed by atoms with Gasteiger partial charge in [0.1, 0.15) is 10.6 Å². The van der Waals surface area contributed by atoms with Crippen molar-refractivity contribution < 1.29 is 14.6 Å². The highest BCUT2D eigenvalue weighted by atomic mass is 32.1. The van der Waals surface area contributed by atoms with Gasteiger partial charge in [-0.25, -0.2) is 4.79 Å². The van der Waals surface area contributed by atoms with E-state index in [-0.39, 0.29) is 0 Å². The van der Waals surface area contributed by atoms with Gasteiger partial charge in [-0.1, -0.05) is 0 Å². The lowest BCUT2D eigenvalue weighted by Crippen LogP contribution is -2.48. The van der Waals surface area contributed by atoms with Gasteiger partial charge in [-0.3, -0.25) is 0 Å². The van der Waals surface area contributed by atoms with E-state index in [2.05, 4.69) is 0 Å². The van der Waals surface area contributed by atoms with Crippen molar-refractivity contribution in [1.82, 2.24) is 0 Å². The SMILES string of the molecule is O=C(O)c1cc(OCC23CC4CC(CC(C4)C2)C3)cs1. The zero-order chi connectivity index (χ0) is 13.7. The Morgan fingerprint density at radius 1 is 1.25 bits per heavy atom. The molecule has 0 unspecified atom stereocenters. The quantitative estimate of drug-likeness (QED) is 0.911. The number of thiophene rings is 1. The van der Waals surface area contributed by atoms with Crippen LogP contribution in [-0.2, 0) is 0 Å². The zero-order valence-electron chi connectivity index (χ0n) is 11.5. The fourth-order valence-corrected chi connectivity index (χ4v) is 5.87. The van der Waals surface area contributed by atoms with Gasteiger partial charge < -0.3 is 9.84 Å². The highest BCUT2D eigenvalue weighted by molar-refractivity contribution is 7.12. The van der Waals surface area contributed by atoms with Crippen LogP contribution in [0.25, 0.3) is 0 Å². The molecule has 3 nitrogen and oxygen atoms in total. The van der Waals surface area contributed by atoms with Gasteiger partial charge in [0.05, 0.1) is 6.61 Å². The predicted molar refractivity (Wildman–Crippen MR) is 77.4 cm³/mol. The number of carbonyl (C=O) groups is 1. The van der Waals surface area contributed by atoms with Crippen LogP contribution >= 0.6 is 11.3 Å². The van der Waals surface area contributed by atoms with Crippen LogP contribution in [0.4, 0.5) is 0 Å². The molecule has 4 heteroatoms. The van der Waals surface area contributed by atoms with Crippen molar-refractivity contribution in [2.45, 2.75) is 38.5 Å². The third-order valence-corrected chi connectivity index (χ3v) is 6.39. The maximum atomic E-state index is 10.9. The number of rotatable bonds is 4. The van der Waals surface area contributed by atoms with Crippen LogP contribution < -0.4 is 4.74 Å². The summed E-state index contributed by atoms with van der Waals surface area (Å²) < 4.78 is 5.97. The molecule has 0 spiro atoms. The molecule has 5 rings (SSSR count). The Labute approximate surface area is 123 Å². The fraction of sp³-hybridized carbons (Fsp3) is 0.688. The molecule has 1 heterocycles. The molecule has 4 aliphatic carbocycles. The third kappa shape index (κ3) is 2.14. The second-order valence-electron chi connectivity index (χ2n) is 7.16. The maximum Gasteiger partial charge on any atom is 0.346 e. The van der Waals surface area contributed by atoms with Crippen molar-refractivity contribution in [1.29, 1.82) is 0 Å². The standard InChI is InChI=1S/C16H20O3S/c17-15(18)14-4-13(8-20-14)19-9-16-5-10-1-11(6-16)3-12(2-10)7-16/h4,8,10-12H,1-3,5-7,9H2,(H,17,18). The van der Waals surface area contributed by atoms with E-state index in [9.17, 15) is 4.79 Å². The number of ether oxygens (including phenoxy) is 1. The van der Waals surface area contributed by atoms with E-state index in [0.29, 0.717) is 10.3 Å². The van der Waals surface area contributed by atoms with E-state index in [1.54, 1.807) is 6.07 Å². The van der Waals surface area contributed by atoms with Gasteiger partial charge in [0.15, 0.2) is 0 Å². The molecule has 4 bridgehead atoms. The minimum Gasteiger partial charge on any atom is -0.492 e. The molecule has 1 aromatic heterocycles. The molecule has 4 fully saturated rings. The molecule has 0 atom stereocenters. The summed E-state index contributed by atoms with van der Waals surface area (Å²) in [6, 6.07) is 1.66. The van der Waals surface area contributed by atoms with Crippen LogP contribution in [-0.4, -0.2) is 17.7 Å². The first kappa shape index (κ1) is 12.7. The lowest BCUT2D eigenvalue weighted by atomic mass is 9.50. The topological polar surface area (TPSA) is 46.5 Å². The fourth-order valence-electron chi connectivity index (χ4n) is 5.21. The normalized spacial score (nSPS) is 38.1. The summed E-state index contributed by atoms with van der Waals surface area (Å²) in [5.74, 6) is 2.67. The lowest BCUT2D eigenvalue weighted by molar-refractivity contribution is -0.0744. The molecule has 0 radical (unpaired) electrons. The van der Waals surface area contributed by atoms with Crippen molar-refractivity contribution in [3.8, 4) is 5.75 Å². The van der Waals surface area contributed by atoms with E-state index >= 15 is 0 Å². The highest BCUT2D eigenvalue weighted by Gasteiger charge is 2.51. The molecular weight excluding hydrogens is 272 g/mol. The van der Waals surface area contributed by atoms with Gasteiger partial charge in [0.2, 0.25) is 0 Å². The number of aromatic carboxylic acids is 1. The summed E-state index contributed by atoms with van der Waals surface area (Å²) in [5, 5.41) is 10.8. The smallest absolute Gasteiger partial charge is 0.346 e. The molecule has 1 aromatic rings. The predicted octanol–water partition coefficient (Wildman–Crippen LogP) is 4.04. The molecule has 0 aliphatic heterocycles. The van der Waals surface area contributed by atoms with E-state index < -0.39 is 5.97 Å². The van der Waals surface area contributed by atoms with Crippen molar-refractivity contribution in [2.24, 2.45) is 23.2 Å². The lowest BCUT2D eigenvalue weighted by Gasteiger charge is -2.56. The van der Waals surface area contributed by atoms with E-state index in [1.807, 2.05) is 5.38 Å². The summed E-state index contributed by atoms with van der Waals surface area (Å²) in [7, 11) is 0. The monoisotopic (exact) mass is 292 g/mol. The molecule has 20 heavy (non-hydrogen) atoms. The van der Waals surface area contributed by atoms with Gasteiger partial charge in [-0.2, -0.15) is 0 Å². The Morgan fingerprint density at radius 3 is 2.35 bits per heavy atom. The minimum absolute atomic E-state index is 0.366. The average molecular weight is 292 g/mol. The summed E-state index contributed by atoms with van der Waals surface area (Å²) >= 11 is 1.25. The van der Waals surface area contributed by atoms with E-state index in [4.69, 9.17) is 9.84 Å². The maximum absolute atomic E-state index is 10.9. The Kier molecular flexibility index (Phi) is 2.85. The molecule has 0 aromatic carbocycles. The summed E-state index contributed by atoms with van der Waals surface area (Å²) in [6.07, 6.45) is 8.32. The van der Waals surface area contributed by atoms with E-state index in [1.165, 1.54) is 49.9 Å². The minimum atomic E-state index is -0.861. The van der Waals surface area contributed by atoms with Crippen LogP contribution in [0.5, 0.6) is 5.75 Å². The van der Waals surface area contributed by atoms with Crippen LogP contribution in [0, 0.1) is 23.2 Å². The Bertz CT molecular complexity index is 498. The van der Waals surface area contributed by atoms with Crippen LogP contribution in [0.15, 0.2) is 11.4 Å². The van der Waals surface area contributed by atoms with Gasteiger partial charge in [-0.15, -0.1) is 11.3 Å². The van der Waals surface area contributed by atoms with Crippen LogP contribution in [0.3, 0.4) is 0 Å². The Balaban J connectivity index is 1.45. The van der Waals surface area contributed by atoms with E-state index in [0.717, 1.165) is 30.1 Å². The number of hydrogen-bond donors (Lipinski definition) is 1. The first-order valence-electron chi connectivity index (χ1n) is 7.56. The number of carboxylic acids is 1. The van der Waals surface area contributed by atoms with Crippen molar-refractivity contribution in [3.05, 3.63) is 16.3 Å². The molecule has 0 saturated heterocycles. The molecule has 4 aliphatic rings. The zero-order valence-corrected chi connectivity index (χ0v) is 12.3. The van der Waals surface area contributed by atoms with Gasteiger partial charge in [-0.05, 0) is 56.3 Å². The Hall–Kier alpha value is -1.03. The second-order valence-corrected chi connectivity index (χ2v) is 8.07. The van der Waals surface area contributed by atoms with Crippen LogP contribution in [0.2, 0.25) is 0 Å². The van der Waals surface area contributed by atoms with Gasteiger partial charge in [0.25, 0.3) is 0 Å². The third-order valence-electron chi connectivity index (χ3n) is 5.50. The molecule has 4 saturated carbocycles. The first-order chi connectivity index (χ1) is 9.62. The van der Waals surface area contributed by atoms with Crippen molar-refractivity contribution >= 4 is 17.3 Å². The largest absolute Gasteiger partial charge is 0.492 e. The number of hydrogen-bond acceptors (Lipinski definition) is 3. The number of carboxylic acid groups (broad SMARTS) is 1. The summed E-state index contributed by atoms with van der Waals surface area (Å²) in [4.78, 5) is 11.3. The van der Waals surface area contributed by atoms with Gasteiger partial charge in [0, 0.05) is 16.9 Å². The Morgan fingerprint density at radius 2 is 1.85 bits per heavy atom. The van der Waals surface area contributed by atoms with Crippen molar-refractivity contribution in [2.75, 3.05) is 6.61 Å². The average Bonchev–Trinajstić information content (AvgIpc) is 2.84. The highest BCUT2D eigenvalue weighted by Crippen LogP contribution is 2.60. The molecule has 108 valence electrons. The van der Waals surface area contributed by atoms with Crippen molar-refractivity contribution in [3.63, 3.8) is 0 Å². The van der Waals surface area contributed by atoms with Crippen LogP contribution in [0.1, 0.15) is 48.2 Å². The molecule has 1 N–H and O–H groups in total. The summed E-state index contributed by atoms with van der Waals surface area (Å²) in [6.45, 7) is 0.784. The first-order valence-corrected chi connectivity index (χ1v) is 8.44. The molecule has 0 amide bonds. The van der Waals surface area contributed by atoms with Gasteiger partial charge >= 0.3 is 5.97 Å². The summed E-state index contributed by atoms with van der Waals surface area (Å²) in [5.41, 5.74) is 0.389. The molecular formula is C16H20O3S. The second kappa shape index (κ2) is 4.48.